The van der Waals surface area contributed by atoms with Gasteiger partial charge in [-0.25, -0.2) is 0 Å². The number of pyridine rings is 1. The zero-order chi connectivity index (χ0) is 13.8. The van der Waals surface area contributed by atoms with Crippen LogP contribution in [-0.2, 0) is 17.8 Å². The van der Waals surface area contributed by atoms with E-state index in [1.165, 1.54) is 6.07 Å². The molecule has 0 bridgehead atoms. The van der Waals surface area contributed by atoms with E-state index in [2.05, 4.69) is 11.5 Å². The molecule has 1 aliphatic rings. The van der Waals surface area contributed by atoms with E-state index in [0.29, 0.717) is 32.0 Å². The third-order valence-electron chi connectivity index (χ3n) is 3.39. The highest BCUT2D eigenvalue weighted by Gasteiger charge is 2.17. The Morgan fingerprint density at radius 3 is 2.79 bits per heavy atom. The van der Waals surface area contributed by atoms with E-state index in [4.69, 9.17) is 4.74 Å². The van der Waals surface area contributed by atoms with Crippen molar-refractivity contribution in [2.45, 2.75) is 20.0 Å². The van der Waals surface area contributed by atoms with Crippen molar-refractivity contribution in [3.8, 4) is 5.75 Å². The Hall–Kier alpha value is -1.59. The minimum Gasteiger partial charge on any atom is -0.503 e. The number of rotatable bonds is 4. The molecular weight excluding hydrogens is 244 g/mol. The quantitative estimate of drug-likeness (QED) is 0.820. The van der Waals surface area contributed by atoms with Gasteiger partial charge in [-0.3, -0.25) is 9.69 Å². The van der Waals surface area contributed by atoms with Gasteiger partial charge in [0, 0.05) is 37.9 Å². The van der Waals surface area contributed by atoms with Gasteiger partial charge in [0.15, 0.2) is 5.75 Å². The first-order valence-electron chi connectivity index (χ1n) is 6.46. The molecule has 0 saturated carbocycles. The number of allylic oxidation sites excluding steroid dienone is 1. The molecule has 0 radical (unpaired) electrons. The molecular formula is C14H20N2O3. The summed E-state index contributed by atoms with van der Waals surface area (Å²) in [6, 6.07) is 1.46. The highest BCUT2D eigenvalue weighted by Crippen LogP contribution is 2.17. The molecule has 1 N–H and O–H groups in total. The summed E-state index contributed by atoms with van der Waals surface area (Å²) < 4.78 is 7.23. The monoisotopic (exact) mass is 264 g/mol. The smallest absolute Gasteiger partial charge is 0.223 e. The van der Waals surface area contributed by atoms with Crippen molar-refractivity contribution in [3.05, 3.63) is 40.3 Å². The number of ether oxygens (including phenoxy) is 1. The first-order chi connectivity index (χ1) is 9.13. The fourth-order valence-corrected chi connectivity index (χ4v) is 2.33. The number of hydrogen-bond donors (Lipinski definition) is 1. The maximum absolute atomic E-state index is 11.7. The van der Waals surface area contributed by atoms with Gasteiger partial charge in [-0.05, 0) is 6.92 Å². The molecule has 2 rings (SSSR count). The molecule has 0 aromatic carbocycles. The minimum absolute atomic E-state index is 0.154. The lowest BCUT2D eigenvalue weighted by Crippen LogP contribution is -2.37. The molecule has 1 aliphatic heterocycles. The van der Waals surface area contributed by atoms with Crippen LogP contribution in [-0.4, -0.2) is 40.9 Å². The second kappa shape index (κ2) is 6.04. The van der Waals surface area contributed by atoms with Crippen LogP contribution < -0.4 is 5.43 Å². The van der Waals surface area contributed by atoms with Gasteiger partial charge in [0.05, 0.1) is 18.9 Å². The minimum atomic E-state index is -0.318. The molecule has 19 heavy (non-hydrogen) atoms. The van der Waals surface area contributed by atoms with Crippen molar-refractivity contribution in [3.63, 3.8) is 0 Å². The Labute approximate surface area is 112 Å². The van der Waals surface area contributed by atoms with Crippen molar-refractivity contribution in [1.29, 1.82) is 0 Å². The molecule has 5 heteroatoms. The number of morpholine rings is 1. The Morgan fingerprint density at radius 2 is 2.16 bits per heavy atom. The highest BCUT2D eigenvalue weighted by molar-refractivity contribution is 5.30. The zero-order valence-corrected chi connectivity index (χ0v) is 11.3. The van der Waals surface area contributed by atoms with Gasteiger partial charge in [0.2, 0.25) is 5.43 Å². The van der Waals surface area contributed by atoms with E-state index in [-0.39, 0.29) is 11.2 Å². The number of hydrogen-bond acceptors (Lipinski definition) is 4. The van der Waals surface area contributed by atoms with Crippen molar-refractivity contribution >= 4 is 0 Å². The second-order valence-corrected chi connectivity index (χ2v) is 4.73. The fourth-order valence-electron chi connectivity index (χ4n) is 2.33. The van der Waals surface area contributed by atoms with Crippen LogP contribution in [0.1, 0.15) is 11.4 Å². The molecule has 0 aliphatic carbocycles. The summed E-state index contributed by atoms with van der Waals surface area (Å²) >= 11 is 0. The van der Waals surface area contributed by atoms with E-state index >= 15 is 0 Å². The third-order valence-corrected chi connectivity index (χ3v) is 3.39. The zero-order valence-electron chi connectivity index (χ0n) is 11.3. The third kappa shape index (κ3) is 3.05. The van der Waals surface area contributed by atoms with Gasteiger partial charge in [-0.2, -0.15) is 0 Å². The van der Waals surface area contributed by atoms with Crippen molar-refractivity contribution in [2.75, 3.05) is 26.3 Å². The van der Waals surface area contributed by atoms with Crippen LogP contribution in [0.15, 0.2) is 23.5 Å². The highest BCUT2D eigenvalue weighted by atomic mass is 16.5. The number of aromatic hydroxyl groups is 1. The molecule has 1 aromatic rings. The van der Waals surface area contributed by atoms with Gasteiger partial charge in [-0.15, -0.1) is 6.58 Å². The first kappa shape index (κ1) is 13.8. The van der Waals surface area contributed by atoms with Gasteiger partial charge in [-0.1, -0.05) is 6.08 Å². The van der Waals surface area contributed by atoms with E-state index in [9.17, 15) is 9.90 Å². The Bertz CT molecular complexity index is 516. The lowest BCUT2D eigenvalue weighted by molar-refractivity contribution is 0.0327. The number of aromatic nitrogens is 1. The van der Waals surface area contributed by atoms with Crippen LogP contribution in [0.5, 0.6) is 5.75 Å². The first-order valence-corrected chi connectivity index (χ1v) is 6.46. The van der Waals surface area contributed by atoms with Crippen LogP contribution >= 0.6 is 0 Å². The molecule has 2 heterocycles. The normalized spacial score (nSPS) is 16.5. The van der Waals surface area contributed by atoms with Gasteiger partial charge < -0.3 is 14.4 Å². The molecule has 1 saturated heterocycles. The standard InChI is InChI=1S/C14H20N2O3/c1-3-4-16-11(2)9-13(17)14(18)12(16)10-15-5-7-19-8-6-15/h3,9,18H,1,4-8,10H2,2H3. The van der Waals surface area contributed by atoms with Gasteiger partial charge in [0.1, 0.15) is 0 Å². The molecule has 0 spiro atoms. The predicted molar refractivity (Wildman–Crippen MR) is 73.4 cm³/mol. The second-order valence-electron chi connectivity index (χ2n) is 4.73. The number of aryl methyl sites for hydroxylation is 1. The van der Waals surface area contributed by atoms with E-state index in [0.717, 1.165) is 18.8 Å². The molecule has 0 amide bonds. The topological polar surface area (TPSA) is 54.7 Å². The number of nitrogens with zero attached hydrogens (tertiary/aromatic N) is 2. The average Bonchev–Trinajstić information content (AvgIpc) is 2.41. The van der Waals surface area contributed by atoms with E-state index in [1.807, 2.05) is 11.5 Å². The maximum Gasteiger partial charge on any atom is 0.223 e. The molecule has 104 valence electrons. The van der Waals surface area contributed by atoms with Gasteiger partial charge >= 0.3 is 0 Å². The van der Waals surface area contributed by atoms with Crippen LogP contribution in [0.25, 0.3) is 0 Å². The van der Waals surface area contributed by atoms with Gasteiger partial charge in [0.25, 0.3) is 0 Å². The molecule has 0 atom stereocenters. The Balaban J connectivity index is 2.35. The summed E-state index contributed by atoms with van der Waals surface area (Å²) in [5.41, 5.74) is 1.18. The van der Waals surface area contributed by atoms with Crippen molar-refractivity contribution in [1.82, 2.24) is 9.47 Å². The Kier molecular flexibility index (Phi) is 4.39. The van der Waals surface area contributed by atoms with Crippen LogP contribution in [0.3, 0.4) is 0 Å². The van der Waals surface area contributed by atoms with E-state index < -0.39 is 0 Å². The maximum atomic E-state index is 11.7. The largest absolute Gasteiger partial charge is 0.503 e. The Morgan fingerprint density at radius 1 is 1.47 bits per heavy atom. The fraction of sp³-hybridized carbons (Fsp3) is 0.500. The van der Waals surface area contributed by atoms with Crippen LogP contribution in [0.4, 0.5) is 0 Å². The average molecular weight is 264 g/mol. The molecule has 0 unspecified atom stereocenters. The van der Waals surface area contributed by atoms with Crippen molar-refractivity contribution in [2.24, 2.45) is 0 Å². The molecule has 1 fully saturated rings. The lowest BCUT2D eigenvalue weighted by Gasteiger charge is -2.28. The SMILES string of the molecule is C=CCn1c(C)cc(=O)c(O)c1CN1CCOCC1. The summed E-state index contributed by atoms with van der Waals surface area (Å²) in [5.74, 6) is -0.154. The summed E-state index contributed by atoms with van der Waals surface area (Å²) in [6.07, 6.45) is 1.76. The van der Waals surface area contributed by atoms with Crippen molar-refractivity contribution < 1.29 is 9.84 Å². The molecule has 5 nitrogen and oxygen atoms in total. The van der Waals surface area contributed by atoms with Crippen LogP contribution in [0, 0.1) is 6.92 Å². The van der Waals surface area contributed by atoms with E-state index in [1.54, 1.807) is 6.08 Å². The summed E-state index contributed by atoms with van der Waals surface area (Å²) in [6.45, 7) is 9.75. The lowest BCUT2D eigenvalue weighted by atomic mass is 10.2. The molecule has 1 aromatic heterocycles. The predicted octanol–water partition coefficient (Wildman–Crippen LogP) is 0.881. The summed E-state index contributed by atoms with van der Waals surface area (Å²) in [5, 5.41) is 10.0. The summed E-state index contributed by atoms with van der Waals surface area (Å²) in [4.78, 5) is 13.9. The van der Waals surface area contributed by atoms with Crippen LogP contribution in [0.2, 0.25) is 0 Å². The summed E-state index contributed by atoms with van der Waals surface area (Å²) in [7, 11) is 0.